The molecule has 2 unspecified atom stereocenters. The third kappa shape index (κ3) is 2.23. The summed E-state index contributed by atoms with van der Waals surface area (Å²) in [6.07, 6.45) is 3.34. The van der Waals surface area contributed by atoms with Gasteiger partial charge in [0.1, 0.15) is 6.54 Å². The zero-order chi connectivity index (χ0) is 12.0. The van der Waals surface area contributed by atoms with E-state index in [9.17, 15) is 9.59 Å². The van der Waals surface area contributed by atoms with Crippen LogP contribution in [0.15, 0.2) is 0 Å². The third-order valence-corrected chi connectivity index (χ3v) is 3.95. The lowest BCUT2D eigenvalue weighted by Crippen LogP contribution is -2.55. The molecule has 3 fully saturated rings. The van der Waals surface area contributed by atoms with E-state index < -0.39 is 0 Å². The first-order chi connectivity index (χ1) is 8.15. The van der Waals surface area contributed by atoms with Crippen molar-refractivity contribution in [3.8, 4) is 0 Å². The summed E-state index contributed by atoms with van der Waals surface area (Å²) in [5, 5.41) is 2.97. The summed E-state index contributed by atoms with van der Waals surface area (Å²) in [6, 6.07) is 0.735. The topological polar surface area (TPSA) is 52.7 Å². The second-order valence-electron chi connectivity index (χ2n) is 5.51. The fourth-order valence-corrected chi connectivity index (χ4v) is 2.41. The van der Waals surface area contributed by atoms with E-state index in [0.29, 0.717) is 31.1 Å². The molecule has 1 heterocycles. The molecule has 0 aromatic carbocycles. The minimum absolute atomic E-state index is 0.0665. The summed E-state index contributed by atoms with van der Waals surface area (Å²) >= 11 is 0. The van der Waals surface area contributed by atoms with Crippen molar-refractivity contribution in [3.05, 3.63) is 0 Å². The molecule has 2 atom stereocenters. The van der Waals surface area contributed by atoms with Gasteiger partial charge in [-0.15, -0.1) is 0 Å². The molecule has 2 aliphatic carbocycles. The van der Waals surface area contributed by atoms with Gasteiger partial charge >= 0.3 is 6.03 Å². The van der Waals surface area contributed by atoms with Gasteiger partial charge in [0.15, 0.2) is 0 Å². The predicted octanol–water partition coefficient (Wildman–Crippen LogP) is 0.411. The zero-order valence-corrected chi connectivity index (χ0v) is 10.2. The Kier molecular flexibility index (Phi) is 2.49. The number of nitrogens with one attached hydrogen (secondary N) is 1. The maximum Gasteiger partial charge on any atom is 0.318 e. The molecule has 1 aliphatic heterocycles. The van der Waals surface area contributed by atoms with Gasteiger partial charge in [-0.3, -0.25) is 4.79 Å². The van der Waals surface area contributed by atoms with Crippen molar-refractivity contribution in [3.63, 3.8) is 0 Å². The van der Waals surface area contributed by atoms with E-state index in [2.05, 4.69) is 12.2 Å². The fraction of sp³-hybridized carbons (Fsp3) is 0.833. The molecule has 5 nitrogen and oxygen atoms in total. The van der Waals surface area contributed by atoms with Crippen LogP contribution in [-0.2, 0) is 4.79 Å². The monoisotopic (exact) mass is 237 g/mol. The highest BCUT2D eigenvalue weighted by atomic mass is 16.2. The summed E-state index contributed by atoms with van der Waals surface area (Å²) < 4.78 is 0. The summed E-state index contributed by atoms with van der Waals surface area (Å²) in [7, 11) is 0. The highest BCUT2D eigenvalue weighted by Crippen LogP contribution is 2.30. The average Bonchev–Trinajstić information content (AvgIpc) is 3.17. The largest absolute Gasteiger partial charge is 0.336 e. The Morgan fingerprint density at radius 1 is 1.35 bits per heavy atom. The Hall–Kier alpha value is -1.26. The molecule has 0 bridgehead atoms. The standard InChI is InChI=1S/C12H19N3O2/c1-8-6-10(8)13-12(17)14-4-5-15(9-2-3-9)11(16)7-14/h8-10H,2-7H2,1H3,(H,13,17). The van der Waals surface area contributed by atoms with Crippen molar-refractivity contribution < 1.29 is 9.59 Å². The molecular formula is C12H19N3O2. The van der Waals surface area contributed by atoms with Gasteiger partial charge in [0, 0.05) is 25.2 Å². The number of carbonyl (C=O) groups is 2. The van der Waals surface area contributed by atoms with Crippen LogP contribution in [0.1, 0.15) is 26.2 Å². The van der Waals surface area contributed by atoms with Crippen molar-refractivity contribution in [2.24, 2.45) is 5.92 Å². The Balaban J connectivity index is 1.51. The lowest BCUT2D eigenvalue weighted by atomic mass is 10.3. The molecule has 94 valence electrons. The van der Waals surface area contributed by atoms with E-state index in [1.807, 2.05) is 4.90 Å². The van der Waals surface area contributed by atoms with Gasteiger partial charge in [-0.25, -0.2) is 4.79 Å². The smallest absolute Gasteiger partial charge is 0.318 e. The summed E-state index contributed by atoms with van der Waals surface area (Å²) in [5.41, 5.74) is 0. The molecule has 1 N–H and O–H groups in total. The van der Waals surface area contributed by atoms with Crippen LogP contribution in [0, 0.1) is 5.92 Å². The van der Waals surface area contributed by atoms with Gasteiger partial charge in [0.05, 0.1) is 0 Å². The number of hydrogen-bond acceptors (Lipinski definition) is 2. The average molecular weight is 237 g/mol. The first kappa shape index (κ1) is 10.9. The van der Waals surface area contributed by atoms with Crippen LogP contribution in [0.3, 0.4) is 0 Å². The number of piperazine rings is 1. The van der Waals surface area contributed by atoms with Crippen LogP contribution < -0.4 is 5.32 Å². The second kappa shape index (κ2) is 3.89. The highest BCUT2D eigenvalue weighted by Gasteiger charge is 2.39. The minimum atomic E-state index is -0.0665. The fourth-order valence-electron chi connectivity index (χ4n) is 2.41. The quantitative estimate of drug-likeness (QED) is 0.756. The van der Waals surface area contributed by atoms with E-state index in [-0.39, 0.29) is 18.5 Å². The number of rotatable bonds is 2. The lowest BCUT2D eigenvalue weighted by Gasteiger charge is -2.34. The van der Waals surface area contributed by atoms with Crippen molar-refractivity contribution in [1.82, 2.24) is 15.1 Å². The SMILES string of the molecule is CC1CC1NC(=O)N1CCN(C2CC2)C(=O)C1. The molecule has 1 saturated heterocycles. The predicted molar refractivity (Wildman–Crippen MR) is 62.4 cm³/mol. The van der Waals surface area contributed by atoms with Crippen molar-refractivity contribution in [2.75, 3.05) is 19.6 Å². The molecule has 3 amide bonds. The first-order valence-electron chi connectivity index (χ1n) is 6.50. The van der Waals surface area contributed by atoms with Gasteiger partial charge in [-0.1, -0.05) is 6.92 Å². The van der Waals surface area contributed by atoms with E-state index in [1.54, 1.807) is 4.90 Å². The molecule has 0 radical (unpaired) electrons. The zero-order valence-electron chi connectivity index (χ0n) is 10.2. The Morgan fingerprint density at radius 3 is 2.59 bits per heavy atom. The first-order valence-corrected chi connectivity index (χ1v) is 6.50. The van der Waals surface area contributed by atoms with E-state index in [1.165, 1.54) is 0 Å². The Bertz CT molecular complexity index is 354. The number of amides is 3. The van der Waals surface area contributed by atoms with Crippen LogP contribution in [-0.4, -0.2) is 53.5 Å². The van der Waals surface area contributed by atoms with Gasteiger partial charge in [-0.2, -0.15) is 0 Å². The van der Waals surface area contributed by atoms with Gasteiger partial charge in [0.2, 0.25) is 5.91 Å². The van der Waals surface area contributed by atoms with E-state index >= 15 is 0 Å². The molecule has 2 saturated carbocycles. The molecule has 0 aromatic heterocycles. The molecular weight excluding hydrogens is 218 g/mol. The number of hydrogen-bond donors (Lipinski definition) is 1. The van der Waals surface area contributed by atoms with Gasteiger partial charge in [-0.05, 0) is 25.2 Å². The van der Waals surface area contributed by atoms with Crippen LogP contribution >= 0.6 is 0 Å². The van der Waals surface area contributed by atoms with Crippen LogP contribution in [0.5, 0.6) is 0 Å². The number of carbonyl (C=O) groups excluding carboxylic acids is 2. The Labute approximate surface area is 101 Å². The van der Waals surface area contributed by atoms with Crippen LogP contribution in [0.4, 0.5) is 4.79 Å². The molecule has 0 aromatic rings. The molecule has 5 heteroatoms. The normalized spacial score (nSPS) is 32.6. The van der Waals surface area contributed by atoms with Crippen molar-refractivity contribution >= 4 is 11.9 Å². The van der Waals surface area contributed by atoms with Crippen molar-refractivity contribution in [1.29, 1.82) is 0 Å². The van der Waals surface area contributed by atoms with Crippen molar-refractivity contribution in [2.45, 2.75) is 38.3 Å². The maximum atomic E-state index is 11.9. The number of nitrogens with zero attached hydrogens (tertiary/aromatic N) is 2. The summed E-state index contributed by atoms with van der Waals surface area (Å²) in [6.45, 7) is 3.76. The van der Waals surface area contributed by atoms with Crippen LogP contribution in [0.25, 0.3) is 0 Å². The summed E-state index contributed by atoms with van der Waals surface area (Å²) in [5.74, 6) is 0.708. The van der Waals surface area contributed by atoms with Gasteiger partial charge in [0.25, 0.3) is 0 Å². The maximum absolute atomic E-state index is 11.9. The van der Waals surface area contributed by atoms with E-state index in [0.717, 1.165) is 19.3 Å². The minimum Gasteiger partial charge on any atom is -0.336 e. The second-order valence-corrected chi connectivity index (χ2v) is 5.51. The lowest BCUT2D eigenvalue weighted by molar-refractivity contribution is -0.135. The molecule has 3 aliphatic rings. The molecule has 0 spiro atoms. The van der Waals surface area contributed by atoms with Gasteiger partial charge < -0.3 is 15.1 Å². The highest BCUT2D eigenvalue weighted by molar-refractivity contribution is 5.85. The summed E-state index contributed by atoms with van der Waals surface area (Å²) in [4.78, 5) is 27.3. The van der Waals surface area contributed by atoms with E-state index in [4.69, 9.17) is 0 Å². The Morgan fingerprint density at radius 2 is 2.06 bits per heavy atom. The third-order valence-electron chi connectivity index (χ3n) is 3.95. The van der Waals surface area contributed by atoms with Crippen LogP contribution in [0.2, 0.25) is 0 Å². The molecule has 3 rings (SSSR count). The number of urea groups is 1. The molecule has 17 heavy (non-hydrogen) atoms.